The number of benzene rings is 1. The average Bonchev–Trinajstić information content (AvgIpc) is 2.37. The third-order valence-electron chi connectivity index (χ3n) is 3.06. The molecule has 0 saturated heterocycles. The lowest BCUT2D eigenvalue weighted by atomic mass is 9.98. The van der Waals surface area contributed by atoms with Crippen LogP contribution in [0.15, 0.2) is 36.5 Å². The van der Waals surface area contributed by atoms with Crippen LogP contribution in [-0.4, -0.2) is 4.98 Å². The Morgan fingerprint density at radius 1 is 1.21 bits per heavy atom. The Morgan fingerprint density at radius 2 is 2.00 bits per heavy atom. The van der Waals surface area contributed by atoms with E-state index in [-0.39, 0.29) is 0 Å². The zero-order valence-corrected chi connectivity index (χ0v) is 12.2. The van der Waals surface area contributed by atoms with Crippen molar-refractivity contribution in [3.63, 3.8) is 0 Å². The van der Waals surface area contributed by atoms with Crippen molar-refractivity contribution in [1.82, 2.24) is 4.98 Å². The highest BCUT2D eigenvalue weighted by Crippen LogP contribution is 2.24. The van der Waals surface area contributed by atoms with Gasteiger partial charge in [0, 0.05) is 11.8 Å². The molecule has 2 aromatic rings. The second-order valence-corrected chi connectivity index (χ2v) is 5.34. The van der Waals surface area contributed by atoms with Crippen molar-refractivity contribution < 1.29 is 4.74 Å². The van der Waals surface area contributed by atoms with Crippen molar-refractivity contribution in [3.8, 4) is 5.75 Å². The minimum Gasteiger partial charge on any atom is -0.489 e. The highest BCUT2D eigenvalue weighted by Gasteiger charge is 2.05. The van der Waals surface area contributed by atoms with Gasteiger partial charge in [0.25, 0.3) is 0 Å². The maximum Gasteiger partial charge on any atom is 0.129 e. The molecule has 1 heterocycles. The van der Waals surface area contributed by atoms with Crippen LogP contribution in [0, 0.1) is 6.92 Å². The Bertz CT molecular complexity index is 549. The van der Waals surface area contributed by atoms with E-state index in [0.717, 1.165) is 11.3 Å². The van der Waals surface area contributed by atoms with Crippen LogP contribution < -0.4 is 4.74 Å². The quantitative estimate of drug-likeness (QED) is 0.752. The summed E-state index contributed by atoms with van der Waals surface area (Å²) in [6.07, 6.45) is 1.73. The number of hydrogen-bond donors (Lipinski definition) is 0. The maximum absolute atomic E-state index is 5.76. The molecule has 0 atom stereocenters. The molecule has 2 nitrogen and oxygen atoms in total. The third kappa shape index (κ3) is 3.71. The molecule has 19 heavy (non-hydrogen) atoms. The summed E-state index contributed by atoms with van der Waals surface area (Å²) in [6, 6.07) is 9.93. The van der Waals surface area contributed by atoms with Crippen LogP contribution in [0.3, 0.4) is 0 Å². The number of aromatic nitrogens is 1. The third-order valence-corrected chi connectivity index (χ3v) is 3.28. The van der Waals surface area contributed by atoms with Gasteiger partial charge in [0.2, 0.25) is 0 Å². The number of ether oxygens (including phenoxy) is 1. The van der Waals surface area contributed by atoms with Crippen LogP contribution in [0.4, 0.5) is 0 Å². The molecule has 0 saturated carbocycles. The smallest absolute Gasteiger partial charge is 0.129 e. The molecule has 0 N–H and O–H groups in total. The number of aryl methyl sites for hydroxylation is 1. The van der Waals surface area contributed by atoms with Crippen LogP contribution in [0.5, 0.6) is 5.75 Å². The predicted molar refractivity (Wildman–Crippen MR) is 78.8 cm³/mol. The summed E-state index contributed by atoms with van der Waals surface area (Å²) in [5, 5.41) is 0.501. The highest BCUT2D eigenvalue weighted by molar-refractivity contribution is 6.29. The zero-order chi connectivity index (χ0) is 13.8. The van der Waals surface area contributed by atoms with E-state index < -0.39 is 0 Å². The molecule has 0 fully saturated rings. The molecule has 100 valence electrons. The fourth-order valence-electron chi connectivity index (χ4n) is 2.04. The molecule has 0 spiro atoms. The zero-order valence-electron chi connectivity index (χ0n) is 11.5. The fraction of sp³-hybridized carbons (Fsp3) is 0.312. The predicted octanol–water partition coefficient (Wildman–Crippen LogP) is 4.75. The van der Waals surface area contributed by atoms with Crippen molar-refractivity contribution in [1.29, 1.82) is 0 Å². The van der Waals surface area contributed by atoms with Crippen LogP contribution in [0.2, 0.25) is 5.15 Å². The molecule has 0 aliphatic rings. The molecule has 0 amide bonds. The van der Waals surface area contributed by atoms with E-state index in [1.54, 1.807) is 12.3 Å². The lowest BCUT2D eigenvalue weighted by Crippen LogP contribution is -1.98. The first-order chi connectivity index (χ1) is 9.06. The number of rotatable bonds is 4. The molecule has 0 unspecified atom stereocenters. The van der Waals surface area contributed by atoms with E-state index in [2.05, 4.69) is 37.9 Å². The first-order valence-electron chi connectivity index (χ1n) is 6.40. The second-order valence-electron chi connectivity index (χ2n) is 4.95. The van der Waals surface area contributed by atoms with Gasteiger partial charge in [-0.1, -0.05) is 37.6 Å². The van der Waals surface area contributed by atoms with E-state index in [1.807, 2.05) is 12.1 Å². The molecule has 0 radical (unpaired) electrons. The average molecular weight is 276 g/mol. The van der Waals surface area contributed by atoms with Crippen LogP contribution in [0.25, 0.3) is 0 Å². The molecular weight excluding hydrogens is 258 g/mol. The lowest BCUT2D eigenvalue weighted by molar-refractivity contribution is 0.305. The Balaban J connectivity index is 2.04. The number of hydrogen-bond acceptors (Lipinski definition) is 2. The summed E-state index contributed by atoms with van der Waals surface area (Å²) in [7, 11) is 0. The Morgan fingerprint density at radius 3 is 2.58 bits per heavy atom. The first-order valence-corrected chi connectivity index (χ1v) is 6.78. The van der Waals surface area contributed by atoms with Crippen molar-refractivity contribution in [3.05, 3.63) is 58.4 Å². The normalized spacial score (nSPS) is 10.8. The van der Waals surface area contributed by atoms with Crippen molar-refractivity contribution >= 4 is 11.6 Å². The Kier molecular flexibility index (Phi) is 4.43. The minimum atomic E-state index is 0.501. The SMILES string of the molecule is Cc1cc(OCc2ccc(Cl)nc2)ccc1C(C)C. The number of pyridine rings is 1. The number of halogens is 1. The van der Waals surface area contributed by atoms with E-state index >= 15 is 0 Å². The van der Waals surface area contributed by atoms with Crippen molar-refractivity contribution in [2.45, 2.75) is 33.3 Å². The van der Waals surface area contributed by atoms with Gasteiger partial charge in [-0.2, -0.15) is 0 Å². The lowest BCUT2D eigenvalue weighted by Gasteiger charge is -2.12. The summed E-state index contributed by atoms with van der Waals surface area (Å²) in [6.45, 7) is 7.02. The van der Waals surface area contributed by atoms with Gasteiger partial charge in [0.05, 0.1) is 0 Å². The van der Waals surface area contributed by atoms with E-state index in [1.165, 1.54) is 11.1 Å². The van der Waals surface area contributed by atoms with E-state index in [0.29, 0.717) is 17.7 Å². The van der Waals surface area contributed by atoms with Crippen molar-refractivity contribution in [2.75, 3.05) is 0 Å². The maximum atomic E-state index is 5.76. The Hall–Kier alpha value is -1.54. The molecule has 1 aromatic carbocycles. The monoisotopic (exact) mass is 275 g/mol. The molecule has 0 bridgehead atoms. The van der Waals surface area contributed by atoms with Gasteiger partial charge in [-0.3, -0.25) is 0 Å². The largest absolute Gasteiger partial charge is 0.489 e. The summed E-state index contributed by atoms with van der Waals surface area (Å²) in [5.74, 6) is 1.42. The molecule has 1 aromatic heterocycles. The van der Waals surface area contributed by atoms with Gasteiger partial charge < -0.3 is 4.74 Å². The molecule has 0 aliphatic heterocycles. The summed E-state index contributed by atoms with van der Waals surface area (Å²) in [4.78, 5) is 4.03. The molecular formula is C16H18ClNO. The Labute approximate surface area is 119 Å². The van der Waals surface area contributed by atoms with E-state index in [9.17, 15) is 0 Å². The van der Waals surface area contributed by atoms with Gasteiger partial charge in [0.15, 0.2) is 0 Å². The van der Waals surface area contributed by atoms with Gasteiger partial charge in [0.1, 0.15) is 17.5 Å². The summed E-state index contributed by atoms with van der Waals surface area (Å²) < 4.78 is 5.76. The standard InChI is InChI=1S/C16H18ClNO/c1-11(2)15-6-5-14(8-12(15)3)19-10-13-4-7-16(17)18-9-13/h4-9,11H,10H2,1-3H3. The van der Waals surface area contributed by atoms with Gasteiger partial charge in [-0.15, -0.1) is 0 Å². The van der Waals surface area contributed by atoms with E-state index in [4.69, 9.17) is 16.3 Å². The van der Waals surface area contributed by atoms with Gasteiger partial charge >= 0.3 is 0 Å². The van der Waals surface area contributed by atoms with Crippen LogP contribution in [0.1, 0.15) is 36.5 Å². The van der Waals surface area contributed by atoms with Crippen molar-refractivity contribution in [2.24, 2.45) is 0 Å². The summed E-state index contributed by atoms with van der Waals surface area (Å²) in [5.41, 5.74) is 3.64. The second kappa shape index (κ2) is 6.07. The highest BCUT2D eigenvalue weighted by atomic mass is 35.5. The molecule has 3 heteroatoms. The van der Waals surface area contributed by atoms with Gasteiger partial charge in [-0.25, -0.2) is 4.98 Å². The minimum absolute atomic E-state index is 0.501. The first kappa shape index (κ1) is 13.9. The summed E-state index contributed by atoms with van der Waals surface area (Å²) >= 11 is 5.74. The van der Waals surface area contributed by atoms with Crippen LogP contribution in [-0.2, 0) is 6.61 Å². The number of nitrogens with zero attached hydrogens (tertiary/aromatic N) is 1. The fourth-order valence-corrected chi connectivity index (χ4v) is 2.16. The molecule has 0 aliphatic carbocycles. The topological polar surface area (TPSA) is 22.1 Å². The molecule has 2 rings (SSSR count). The van der Waals surface area contributed by atoms with Crippen LogP contribution >= 0.6 is 11.6 Å². The van der Waals surface area contributed by atoms with Gasteiger partial charge in [-0.05, 0) is 42.2 Å².